The topological polar surface area (TPSA) is 130 Å². The minimum atomic E-state index is -0.541. The highest BCUT2D eigenvalue weighted by molar-refractivity contribution is 6.04. The van der Waals surface area contributed by atoms with Crippen molar-refractivity contribution in [1.29, 1.82) is 0 Å². The Morgan fingerprint density at radius 2 is 1.66 bits per heavy atom. The Labute approximate surface area is 241 Å². The number of nitrogens with two attached hydrogens (primary N) is 1. The number of ether oxygens (including phenoxy) is 4. The molecular weight excluding hydrogens is 526 g/mol. The van der Waals surface area contributed by atoms with Crippen LogP contribution < -0.4 is 20.5 Å². The lowest BCUT2D eigenvalue weighted by Crippen LogP contribution is -2.43. The molecule has 11 heteroatoms. The fourth-order valence-electron chi connectivity index (χ4n) is 6.43. The maximum Gasteiger partial charge on any atom is 0.410 e. The van der Waals surface area contributed by atoms with Crippen LogP contribution in [0.1, 0.15) is 80.8 Å². The van der Waals surface area contributed by atoms with E-state index in [2.05, 4.69) is 5.32 Å². The molecule has 4 heterocycles. The maximum absolute atomic E-state index is 12.9. The van der Waals surface area contributed by atoms with Crippen molar-refractivity contribution in [2.24, 2.45) is 11.7 Å². The number of hydrogen-bond acceptors (Lipinski definition) is 8. The summed E-state index contributed by atoms with van der Waals surface area (Å²) < 4.78 is 24.8. The Bertz CT molecular complexity index is 1250. The average Bonchev–Trinajstić information content (AvgIpc) is 3.36. The van der Waals surface area contributed by atoms with E-state index in [-0.39, 0.29) is 18.1 Å². The summed E-state index contributed by atoms with van der Waals surface area (Å²) in [7, 11) is 3.30. The lowest BCUT2D eigenvalue weighted by Gasteiger charge is -2.38. The molecule has 3 aliphatic heterocycles. The van der Waals surface area contributed by atoms with Crippen molar-refractivity contribution >= 4 is 17.8 Å². The largest absolute Gasteiger partial charge is 0.496 e. The van der Waals surface area contributed by atoms with E-state index < -0.39 is 11.5 Å². The molecule has 0 saturated carbocycles. The minimum Gasteiger partial charge on any atom is -0.496 e. The van der Waals surface area contributed by atoms with E-state index in [9.17, 15) is 9.59 Å². The number of aromatic nitrogens is 2. The van der Waals surface area contributed by atoms with Crippen LogP contribution in [0.5, 0.6) is 11.5 Å². The standard InChI is InChI=1S/C30H43N5O6/c1-30(2,3)41-29(37)34-12-7-18(8-13-34)21-6-11-32-28-25(27(31)36)26(33-35(21)28)20-16-22(38-4)24(23(17-20)39-5)19-9-14-40-15-10-19/h16-19,21,32H,6-15H2,1-5H3,(H2,31,36). The molecular formula is C30H43N5O6. The number of piperidine rings is 1. The van der Waals surface area contributed by atoms with Gasteiger partial charge >= 0.3 is 6.09 Å². The highest BCUT2D eigenvalue weighted by atomic mass is 16.6. The number of rotatable bonds is 6. The number of likely N-dealkylation sites (tertiary alicyclic amines) is 1. The van der Waals surface area contributed by atoms with Crippen molar-refractivity contribution in [1.82, 2.24) is 14.7 Å². The number of primary amides is 1. The normalized spacial score (nSPS) is 20.2. The van der Waals surface area contributed by atoms with Crippen LogP contribution in [0.15, 0.2) is 12.1 Å². The third-order valence-electron chi connectivity index (χ3n) is 8.39. The number of nitrogens with one attached hydrogen (secondary N) is 1. The Morgan fingerprint density at radius 1 is 1.02 bits per heavy atom. The van der Waals surface area contributed by atoms with E-state index in [4.69, 9.17) is 29.8 Å². The van der Waals surface area contributed by atoms with Gasteiger partial charge in [0.1, 0.15) is 34.2 Å². The van der Waals surface area contributed by atoms with Crippen molar-refractivity contribution in [3.63, 3.8) is 0 Å². The molecule has 0 bridgehead atoms. The molecule has 2 aromatic rings. The van der Waals surface area contributed by atoms with E-state index in [1.54, 1.807) is 19.1 Å². The van der Waals surface area contributed by atoms with Crippen molar-refractivity contribution in [2.45, 2.75) is 70.4 Å². The third-order valence-corrected chi connectivity index (χ3v) is 8.39. The summed E-state index contributed by atoms with van der Waals surface area (Å²) in [6.45, 7) is 8.98. The van der Waals surface area contributed by atoms with Crippen LogP contribution >= 0.6 is 0 Å². The summed E-state index contributed by atoms with van der Waals surface area (Å²) in [5.41, 5.74) is 8.04. The number of amides is 2. The summed E-state index contributed by atoms with van der Waals surface area (Å²) in [5.74, 6) is 2.05. The van der Waals surface area contributed by atoms with Crippen molar-refractivity contribution in [3.8, 4) is 22.8 Å². The third kappa shape index (κ3) is 5.95. The van der Waals surface area contributed by atoms with Gasteiger partial charge in [0.15, 0.2) is 0 Å². The second-order valence-corrected chi connectivity index (χ2v) is 12.1. The van der Waals surface area contributed by atoms with Crippen molar-refractivity contribution in [3.05, 3.63) is 23.3 Å². The van der Waals surface area contributed by atoms with Crippen LogP contribution in [-0.2, 0) is 9.47 Å². The molecule has 0 aliphatic carbocycles. The molecule has 0 radical (unpaired) electrons. The SMILES string of the molecule is COc1cc(-c2nn3c(c2C(N)=O)NCCC3C2CCN(C(=O)OC(C)(C)C)CC2)cc(OC)c1C1CCOCC1. The molecule has 0 spiro atoms. The molecule has 3 N–H and O–H groups in total. The first kappa shape index (κ1) is 29.0. The predicted molar refractivity (Wildman–Crippen MR) is 155 cm³/mol. The molecule has 2 saturated heterocycles. The van der Waals surface area contributed by atoms with E-state index in [1.165, 1.54) is 0 Å². The zero-order valence-corrected chi connectivity index (χ0v) is 24.8. The molecule has 1 unspecified atom stereocenters. The van der Waals surface area contributed by atoms with Crippen LogP contribution in [0, 0.1) is 5.92 Å². The van der Waals surface area contributed by atoms with E-state index in [0.717, 1.165) is 37.7 Å². The van der Waals surface area contributed by atoms with Crippen LogP contribution in [0.2, 0.25) is 0 Å². The van der Waals surface area contributed by atoms with Gasteiger partial charge in [0.2, 0.25) is 0 Å². The highest BCUT2D eigenvalue weighted by Gasteiger charge is 2.37. The average molecular weight is 570 g/mol. The highest BCUT2D eigenvalue weighted by Crippen LogP contribution is 2.45. The first-order chi connectivity index (χ1) is 19.6. The van der Waals surface area contributed by atoms with Gasteiger partial charge in [-0.1, -0.05) is 0 Å². The van der Waals surface area contributed by atoms with Gasteiger partial charge in [-0.15, -0.1) is 0 Å². The molecule has 1 aromatic heterocycles. The zero-order valence-electron chi connectivity index (χ0n) is 24.8. The first-order valence-corrected chi connectivity index (χ1v) is 14.6. The fraction of sp³-hybridized carbons (Fsp3) is 0.633. The Morgan fingerprint density at radius 3 is 2.22 bits per heavy atom. The van der Waals surface area contributed by atoms with Crippen LogP contribution in [-0.4, -0.2) is 79.3 Å². The molecule has 224 valence electrons. The predicted octanol–water partition coefficient (Wildman–Crippen LogP) is 4.56. The van der Waals surface area contributed by atoms with Gasteiger partial charge in [-0.2, -0.15) is 5.10 Å². The number of anilines is 1. The molecule has 5 rings (SSSR count). The molecule has 2 fully saturated rings. The van der Waals surface area contributed by atoms with Gasteiger partial charge in [-0.05, 0) is 76.8 Å². The molecule has 11 nitrogen and oxygen atoms in total. The first-order valence-electron chi connectivity index (χ1n) is 14.6. The fourth-order valence-corrected chi connectivity index (χ4v) is 6.43. The quantitative estimate of drug-likeness (QED) is 0.518. The summed E-state index contributed by atoms with van der Waals surface area (Å²) in [4.78, 5) is 27.2. The van der Waals surface area contributed by atoms with Crippen LogP contribution in [0.4, 0.5) is 10.6 Å². The maximum atomic E-state index is 12.9. The number of hydrogen-bond donors (Lipinski definition) is 2. The summed E-state index contributed by atoms with van der Waals surface area (Å²) >= 11 is 0. The lowest BCUT2D eigenvalue weighted by atomic mass is 9.87. The van der Waals surface area contributed by atoms with Gasteiger partial charge < -0.3 is 34.9 Å². The number of nitrogens with zero attached hydrogens (tertiary/aromatic N) is 3. The second kappa shape index (κ2) is 11.8. The van der Waals surface area contributed by atoms with Gasteiger partial charge in [0, 0.05) is 44.0 Å². The number of benzene rings is 1. The Hall–Kier alpha value is -3.47. The Kier molecular flexibility index (Phi) is 8.35. The number of carbonyl (C=O) groups excluding carboxylic acids is 2. The molecule has 1 aromatic carbocycles. The summed E-state index contributed by atoms with van der Waals surface area (Å²) in [6, 6.07) is 3.94. The van der Waals surface area contributed by atoms with Gasteiger partial charge in [0.25, 0.3) is 5.91 Å². The van der Waals surface area contributed by atoms with E-state index in [1.807, 2.05) is 37.6 Å². The smallest absolute Gasteiger partial charge is 0.410 e. The van der Waals surface area contributed by atoms with Gasteiger partial charge in [-0.3, -0.25) is 4.79 Å². The molecule has 2 amide bonds. The molecule has 41 heavy (non-hydrogen) atoms. The minimum absolute atomic E-state index is 0.0733. The lowest BCUT2D eigenvalue weighted by molar-refractivity contribution is 0.0157. The van der Waals surface area contributed by atoms with Crippen LogP contribution in [0.25, 0.3) is 11.3 Å². The van der Waals surface area contributed by atoms with Gasteiger partial charge in [-0.25, -0.2) is 9.48 Å². The van der Waals surface area contributed by atoms with E-state index in [0.29, 0.717) is 72.9 Å². The molecule has 3 aliphatic rings. The van der Waals surface area contributed by atoms with E-state index >= 15 is 0 Å². The van der Waals surface area contributed by atoms with Crippen LogP contribution in [0.3, 0.4) is 0 Å². The summed E-state index contributed by atoms with van der Waals surface area (Å²) in [6.07, 6.45) is 4.01. The number of fused-ring (bicyclic) bond motifs is 1. The van der Waals surface area contributed by atoms with Gasteiger partial charge in [0.05, 0.1) is 20.3 Å². The molecule has 1 atom stereocenters. The van der Waals surface area contributed by atoms with Crippen molar-refractivity contribution < 1.29 is 28.5 Å². The second-order valence-electron chi connectivity index (χ2n) is 12.1. The number of methoxy groups -OCH3 is 2. The van der Waals surface area contributed by atoms with Crippen molar-refractivity contribution in [2.75, 3.05) is 52.4 Å². The zero-order chi connectivity index (χ0) is 29.3. The number of carbonyl (C=O) groups is 2. The summed E-state index contributed by atoms with van der Waals surface area (Å²) in [5, 5.41) is 8.39. The Balaban J connectivity index is 1.46. The monoisotopic (exact) mass is 569 g/mol.